The van der Waals surface area contributed by atoms with E-state index in [4.69, 9.17) is 9.47 Å². The second kappa shape index (κ2) is 7.38. The van der Waals surface area contributed by atoms with Crippen molar-refractivity contribution in [3.63, 3.8) is 0 Å². The van der Waals surface area contributed by atoms with Gasteiger partial charge in [-0.1, -0.05) is 25.3 Å². The molecular weight excluding hydrogens is 256 g/mol. The molecule has 0 saturated heterocycles. The van der Waals surface area contributed by atoms with Gasteiger partial charge in [0.25, 0.3) is 0 Å². The third-order valence-electron chi connectivity index (χ3n) is 2.89. The quantitative estimate of drug-likeness (QED) is 0.718. The molecule has 0 N–H and O–H groups in total. The maximum atomic E-state index is 11.4. The minimum atomic E-state index is -0.341. The van der Waals surface area contributed by atoms with Gasteiger partial charge >= 0.3 is 5.97 Å². The van der Waals surface area contributed by atoms with Crippen LogP contribution in [0.25, 0.3) is 12.2 Å². The SMILES string of the molecule is C=Cc1cc(OCC(C)C(=O)OC)c(C=C)cc1OC. The topological polar surface area (TPSA) is 44.8 Å². The number of benzene rings is 1. The fourth-order valence-electron chi connectivity index (χ4n) is 1.70. The van der Waals surface area contributed by atoms with Crippen LogP contribution in [-0.2, 0) is 9.53 Å². The van der Waals surface area contributed by atoms with Crippen LogP contribution in [0, 0.1) is 5.92 Å². The van der Waals surface area contributed by atoms with E-state index in [9.17, 15) is 4.79 Å². The van der Waals surface area contributed by atoms with E-state index in [2.05, 4.69) is 17.9 Å². The average molecular weight is 276 g/mol. The highest BCUT2D eigenvalue weighted by atomic mass is 16.5. The van der Waals surface area contributed by atoms with E-state index >= 15 is 0 Å². The van der Waals surface area contributed by atoms with E-state index in [0.717, 1.165) is 11.1 Å². The maximum absolute atomic E-state index is 11.4. The van der Waals surface area contributed by atoms with Crippen LogP contribution in [0.5, 0.6) is 11.5 Å². The van der Waals surface area contributed by atoms with Crippen molar-refractivity contribution >= 4 is 18.1 Å². The van der Waals surface area contributed by atoms with Gasteiger partial charge in [0.05, 0.1) is 20.1 Å². The van der Waals surface area contributed by atoms with Crippen molar-refractivity contribution in [3.05, 3.63) is 36.4 Å². The number of methoxy groups -OCH3 is 2. The molecule has 0 aliphatic heterocycles. The Morgan fingerprint density at radius 3 is 2.25 bits per heavy atom. The first-order valence-electron chi connectivity index (χ1n) is 6.24. The molecule has 0 aromatic heterocycles. The maximum Gasteiger partial charge on any atom is 0.311 e. The van der Waals surface area contributed by atoms with E-state index in [1.165, 1.54) is 7.11 Å². The van der Waals surface area contributed by atoms with Gasteiger partial charge in [0.2, 0.25) is 0 Å². The third-order valence-corrected chi connectivity index (χ3v) is 2.89. The Hall–Kier alpha value is -2.23. The van der Waals surface area contributed by atoms with Crippen LogP contribution in [0.2, 0.25) is 0 Å². The predicted molar refractivity (Wildman–Crippen MR) is 79.9 cm³/mol. The molecule has 0 aliphatic rings. The zero-order chi connectivity index (χ0) is 15.1. The van der Waals surface area contributed by atoms with Crippen molar-refractivity contribution in [1.29, 1.82) is 0 Å². The normalized spacial score (nSPS) is 11.3. The monoisotopic (exact) mass is 276 g/mol. The van der Waals surface area contributed by atoms with Crippen molar-refractivity contribution in [1.82, 2.24) is 0 Å². The molecule has 0 amide bonds. The number of rotatable bonds is 7. The third kappa shape index (κ3) is 3.63. The molecule has 1 atom stereocenters. The van der Waals surface area contributed by atoms with Gasteiger partial charge in [-0.25, -0.2) is 0 Å². The Kier molecular flexibility index (Phi) is 5.84. The summed E-state index contributed by atoms with van der Waals surface area (Å²) in [5.74, 6) is 0.685. The number of hydrogen-bond donors (Lipinski definition) is 0. The molecule has 0 spiro atoms. The Morgan fingerprint density at radius 1 is 1.20 bits per heavy atom. The van der Waals surface area contributed by atoms with Crippen molar-refractivity contribution in [2.75, 3.05) is 20.8 Å². The number of hydrogen-bond acceptors (Lipinski definition) is 4. The fourth-order valence-corrected chi connectivity index (χ4v) is 1.70. The van der Waals surface area contributed by atoms with Crippen LogP contribution in [-0.4, -0.2) is 26.8 Å². The smallest absolute Gasteiger partial charge is 0.311 e. The Morgan fingerprint density at radius 2 is 1.75 bits per heavy atom. The van der Waals surface area contributed by atoms with Crippen molar-refractivity contribution in [2.24, 2.45) is 5.92 Å². The lowest BCUT2D eigenvalue weighted by atomic mass is 10.1. The fraction of sp³-hybridized carbons (Fsp3) is 0.312. The molecule has 4 nitrogen and oxygen atoms in total. The van der Waals surface area contributed by atoms with Crippen LogP contribution in [0.3, 0.4) is 0 Å². The molecule has 0 aliphatic carbocycles. The van der Waals surface area contributed by atoms with E-state index < -0.39 is 0 Å². The highest BCUT2D eigenvalue weighted by molar-refractivity contribution is 5.72. The first-order valence-corrected chi connectivity index (χ1v) is 6.24. The molecule has 0 bridgehead atoms. The molecule has 20 heavy (non-hydrogen) atoms. The van der Waals surface area contributed by atoms with Crippen LogP contribution >= 0.6 is 0 Å². The van der Waals surface area contributed by atoms with Gasteiger partial charge in [-0.05, 0) is 19.1 Å². The Balaban J connectivity index is 2.96. The van der Waals surface area contributed by atoms with E-state index in [1.54, 1.807) is 26.2 Å². The summed E-state index contributed by atoms with van der Waals surface area (Å²) in [5, 5.41) is 0. The van der Waals surface area contributed by atoms with E-state index in [-0.39, 0.29) is 18.5 Å². The van der Waals surface area contributed by atoms with Crippen molar-refractivity contribution in [3.8, 4) is 11.5 Å². The van der Waals surface area contributed by atoms with Crippen LogP contribution in [0.1, 0.15) is 18.1 Å². The Labute approximate surface area is 119 Å². The summed E-state index contributed by atoms with van der Waals surface area (Å²) in [7, 11) is 2.95. The second-order valence-electron chi connectivity index (χ2n) is 4.28. The molecule has 4 heteroatoms. The van der Waals surface area contributed by atoms with Gasteiger partial charge in [0, 0.05) is 11.1 Å². The lowest BCUT2D eigenvalue weighted by molar-refractivity contribution is -0.145. The van der Waals surface area contributed by atoms with Crippen molar-refractivity contribution in [2.45, 2.75) is 6.92 Å². The van der Waals surface area contributed by atoms with Gasteiger partial charge < -0.3 is 14.2 Å². The highest BCUT2D eigenvalue weighted by Gasteiger charge is 2.15. The first kappa shape index (κ1) is 15.8. The van der Waals surface area contributed by atoms with Gasteiger partial charge in [-0.3, -0.25) is 4.79 Å². The molecule has 0 fully saturated rings. The summed E-state index contributed by atoms with van der Waals surface area (Å²) < 4.78 is 15.6. The van der Waals surface area contributed by atoms with E-state index in [1.807, 2.05) is 12.1 Å². The summed E-state index contributed by atoms with van der Waals surface area (Å²) in [6, 6.07) is 3.63. The lowest BCUT2D eigenvalue weighted by Crippen LogP contribution is -2.20. The highest BCUT2D eigenvalue weighted by Crippen LogP contribution is 2.30. The number of carbonyl (C=O) groups excluding carboxylic acids is 1. The summed E-state index contributed by atoms with van der Waals surface area (Å²) in [6.07, 6.45) is 3.36. The molecule has 1 aromatic rings. The second-order valence-corrected chi connectivity index (χ2v) is 4.28. The van der Waals surface area contributed by atoms with Gasteiger partial charge in [0.15, 0.2) is 0 Å². The zero-order valence-electron chi connectivity index (χ0n) is 12.1. The molecule has 0 radical (unpaired) electrons. The average Bonchev–Trinajstić information content (AvgIpc) is 2.50. The van der Waals surface area contributed by atoms with Crippen LogP contribution in [0.4, 0.5) is 0 Å². The van der Waals surface area contributed by atoms with Gasteiger partial charge in [-0.2, -0.15) is 0 Å². The molecular formula is C16H20O4. The number of ether oxygens (including phenoxy) is 3. The van der Waals surface area contributed by atoms with Gasteiger partial charge in [-0.15, -0.1) is 0 Å². The lowest BCUT2D eigenvalue weighted by Gasteiger charge is -2.15. The summed E-state index contributed by atoms with van der Waals surface area (Å²) >= 11 is 0. The predicted octanol–water partition coefficient (Wildman–Crippen LogP) is 3.17. The largest absolute Gasteiger partial charge is 0.496 e. The summed E-state index contributed by atoms with van der Waals surface area (Å²) in [5.41, 5.74) is 1.61. The van der Waals surface area contributed by atoms with E-state index in [0.29, 0.717) is 11.5 Å². The standard InChI is InChI=1S/C16H20O4/c1-6-12-9-15(13(7-2)8-14(12)18-4)20-10-11(3)16(17)19-5/h6-9,11H,1-2,10H2,3-5H3. The minimum Gasteiger partial charge on any atom is -0.496 e. The molecule has 1 aromatic carbocycles. The zero-order valence-corrected chi connectivity index (χ0v) is 12.1. The number of esters is 1. The molecule has 0 heterocycles. The molecule has 1 unspecified atom stereocenters. The summed E-state index contributed by atoms with van der Waals surface area (Å²) in [6.45, 7) is 9.47. The van der Waals surface area contributed by atoms with Gasteiger partial charge in [0.1, 0.15) is 18.1 Å². The Bertz CT molecular complexity index is 505. The molecule has 1 rings (SSSR count). The summed E-state index contributed by atoms with van der Waals surface area (Å²) in [4.78, 5) is 11.4. The molecule has 108 valence electrons. The van der Waals surface area contributed by atoms with Crippen LogP contribution < -0.4 is 9.47 Å². The number of carbonyl (C=O) groups is 1. The minimum absolute atomic E-state index is 0.233. The molecule has 0 saturated carbocycles. The first-order chi connectivity index (χ1) is 9.57. The van der Waals surface area contributed by atoms with Crippen LogP contribution in [0.15, 0.2) is 25.3 Å². The van der Waals surface area contributed by atoms with Crippen molar-refractivity contribution < 1.29 is 19.0 Å².